The third-order valence-electron chi connectivity index (χ3n) is 3.58. The molecule has 0 saturated carbocycles. The summed E-state index contributed by atoms with van der Waals surface area (Å²) in [7, 11) is 1.79. The van der Waals surface area contributed by atoms with E-state index in [-0.39, 0.29) is 5.91 Å². The van der Waals surface area contributed by atoms with Crippen LogP contribution in [0.2, 0.25) is 0 Å². The number of aryl methyl sites for hydroxylation is 1. The maximum absolute atomic E-state index is 11.5. The Kier molecular flexibility index (Phi) is 4.12. The molecule has 4 heteroatoms. The summed E-state index contributed by atoms with van der Waals surface area (Å²) < 4.78 is 2.29. The molecule has 0 spiro atoms. The molecule has 1 heterocycles. The number of fused-ring (bicyclic) bond motifs is 1. The smallest absolute Gasteiger partial charge is 0.223 e. The lowest BCUT2D eigenvalue weighted by atomic mass is 10.2. The number of hydrogen-bond donors (Lipinski definition) is 0. The van der Waals surface area contributed by atoms with Gasteiger partial charge in [-0.2, -0.15) is 0 Å². The normalized spacial score (nSPS) is 11.3. The van der Waals surface area contributed by atoms with Gasteiger partial charge in [0.15, 0.2) is 0 Å². The number of nitrogens with zero attached hydrogens (tertiary/aromatic N) is 3. The van der Waals surface area contributed by atoms with Gasteiger partial charge in [0.2, 0.25) is 5.91 Å². The SMILES string of the molecule is CCCn1c(C(C)C)nc2cc(N(C)C(C)=O)ccc21. The van der Waals surface area contributed by atoms with Gasteiger partial charge in [-0.1, -0.05) is 20.8 Å². The van der Waals surface area contributed by atoms with Crippen molar-refractivity contribution in [3.05, 3.63) is 24.0 Å². The number of rotatable bonds is 4. The van der Waals surface area contributed by atoms with Crippen LogP contribution in [0.1, 0.15) is 45.9 Å². The molecule has 0 aliphatic carbocycles. The van der Waals surface area contributed by atoms with Crippen molar-refractivity contribution < 1.29 is 4.79 Å². The number of carbonyl (C=O) groups is 1. The predicted molar refractivity (Wildman–Crippen MR) is 83.2 cm³/mol. The molecule has 20 heavy (non-hydrogen) atoms. The van der Waals surface area contributed by atoms with E-state index in [1.54, 1.807) is 18.9 Å². The topological polar surface area (TPSA) is 38.1 Å². The Bertz CT molecular complexity index is 628. The lowest BCUT2D eigenvalue weighted by Gasteiger charge is -2.15. The summed E-state index contributed by atoms with van der Waals surface area (Å²) in [5, 5.41) is 0. The van der Waals surface area contributed by atoms with Crippen molar-refractivity contribution in [3.63, 3.8) is 0 Å². The molecular weight excluding hydrogens is 250 g/mol. The molecule has 4 nitrogen and oxygen atoms in total. The molecule has 0 unspecified atom stereocenters. The lowest BCUT2D eigenvalue weighted by molar-refractivity contribution is -0.116. The van der Waals surface area contributed by atoms with Gasteiger partial charge in [0.25, 0.3) is 0 Å². The van der Waals surface area contributed by atoms with Crippen molar-refractivity contribution in [1.82, 2.24) is 9.55 Å². The zero-order valence-corrected chi connectivity index (χ0v) is 13.0. The van der Waals surface area contributed by atoms with Gasteiger partial charge in [-0.05, 0) is 24.6 Å². The summed E-state index contributed by atoms with van der Waals surface area (Å²) in [5.41, 5.74) is 3.01. The van der Waals surface area contributed by atoms with E-state index in [0.29, 0.717) is 5.92 Å². The van der Waals surface area contributed by atoms with Gasteiger partial charge in [-0.15, -0.1) is 0 Å². The summed E-state index contributed by atoms with van der Waals surface area (Å²) in [5.74, 6) is 1.54. The molecule has 0 saturated heterocycles. The van der Waals surface area contributed by atoms with Crippen molar-refractivity contribution >= 4 is 22.6 Å². The van der Waals surface area contributed by atoms with Gasteiger partial charge < -0.3 is 9.47 Å². The Morgan fingerprint density at radius 3 is 2.65 bits per heavy atom. The molecule has 1 amide bonds. The van der Waals surface area contributed by atoms with Crippen LogP contribution in [0.25, 0.3) is 11.0 Å². The van der Waals surface area contributed by atoms with Crippen LogP contribution in [0.15, 0.2) is 18.2 Å². The van der Waals surface area contributed by atoms with E-state index in [0.717, 1.165) is 35.5 Å². The van der Waals surface area contributed by atoms with Crippen LogP contribution in [-0.2, 0) is 11.3 Å². The van der Waals surface area contributed by atoms with Gasteiger partial charge in [-0.25, -0.2) is 4.98 Å². The molecule has 0 radical (unpaired) electrons. The first kappa shape index (κ1) is 14.6. The van der Waals surface area contributed by atoms with Crippen LogP contribution >= 0.6 is 0 Å². The molecule has 0 bridgehead atoms. The molecule has 0 aliphatic rings. The highest BCUT2D eigenvalue weighted by Gasteiger charge is 2.14. The van der Waals surface area contributed by atoms with E-state index in [4.69, 9.17) is 4.98 Å². The molecule has 0 atom stereocenters. The summed E-state index contributed by atoms with van der Waals surface area (Å²) in [4.78, 5) is 17.9. The maximum Gasteiger partial charge on any atom is 0.223 e. The third-order valence-corrected chi connectivity index (χ3v) is 3.58. The highest BCUT2D eigenvalue weighted by molar-refractivity contribution is 5.93. The van der Waals surface area contributed by atoms with Crippen LogP contribution in [0, 0.1) is 0 Å². The minimum atomic E-state index is 0.0291. The molecule has 108 valence electrons. The van der Waals surface area contributed by atoms with E-state index in [1.807, 2.05) is 12.1 Å². The Balaban J connectivity index is 2.56. The zero-order chi connectivity index (χ0) is 14.9. The van der Waals surface area contributed by atoms with E-state index in [9.17, 15) is 4.79 Å². The first-order valence-corrected chi connectivity index (χ1v) is 7.20. The highest BCUT2D eigenvalue weighted by Crippen LogP contribution is 2.26. The summed E-state index contributed by atoms with van der Waals surface area (Å²) >= 11 is 0. The van der Waals surface area contributed by atoms with Gasteiger partial charge in [-0.3, -0.25) is 4.79 Å². The molecule has 0 fully saturated rings. The highest BCUT2D eigenvalue weighted by atomic mass is 16.2. The quantitative estimate of drug-likeness (QED) is 0.854. The summed E-state index contributed by atoms with van der Waals surface area (Å²) in [6.45, 7) is 9.05. The van der Waals surface area contributed by atoms with Gasteiger partial charge in [0.1, 0.15) is 5.82 Å². The second-order valence-electron chi connectivity index (χ2n) is 5.53. The van der Waals surface area contributed by atoms with Gasteiger partial charge in [0.05, 0.1) is 11.0 Å². The monoisotopic (exact) mass is 273 g/mol. The molecule has 1 aromatic heterocycles. The van der Waals surface area contributed by atoms with Crippen molar-refractivity contribution in [2.45, 2.75) is 46.6 Å². The number of carbonyl (C=O) groups excluding carboxylic acids is 1. The first-order valence-electron chi connectivity index (χ1n) is 7.20. The van der Waals surface area contributed by atoms with Crippen LogP contribution < -0.4 is 4.90 Å². The second kappa shape index (κ2) is 5.65. The van der Waals surface area contributed by atoms with Crippen molar-refractivity contribution in [3.8, 4) is 0 Å². The second-order valence-corrected chi connectivity index (χ2v) is 5.53. The standard InChI is InChI=1S/C16H23N3O/c1-6-9-19-15-8-7-13(18(5)12(4)20)10-14(15)17-16(19)11(2)3/h7-8,10-11H,6,9H2,1-5H3. The molecule has 2 aromatic rings. The Labute approximate surface area is 120 Å². The van der Waals surface area contributed by atoms with E-state index >= 15 is 0 Å². The van der Waals surface area contributed by atoms with Crippen molar-refractivity contribution in [2.24, 2.45) is 0 Å². The Morgan fingerprint density at radius 1 is 1.40 bits per heavy atom. The molecule has 1 aromatic carbocycles. The largest absolute Gasteiger partial charge is 0.328 e. The number of anilines is 1. The predicted octanol–water partition coefficient (Wildman–Crippen LogP) is 3.55. The van der Waals surface area contributed by atoms with Crippen molar-refractivity contribution in [2.75, 3.05) is 11.9 Å². The van der Waals surface area contributed by atoms with Crippen molar-refractivity contribution in [1.29, 1.82) is 0 Å². The fourth-order valence-corrected chi connectivity index (χ4v) is 2.43. The molecule has 0 aliphatic heterocycles. The molecule has 0 N–H and O–H groups in total. The number of amides is 1. The van der Waals surface area contributed by atoms with Crippen LogP contribution in [0.4, 0.5) is 5.69 Å². The van der Waals surface area contributed by atoms with Crippen LogP contribution in [0.3, 0.4) is 0 Å². The first-order chi connectivity index (χ1) is 9.45. The molecular formula is C16H23N3O. The Hall–Kier alpha value is -1.84. The number of imidazole rings is 1. The summed E-state index contributed by atoms with van der Waals surface area (Å²) in [6, 6.07) is 6.05. The maximum atomic E-state index is 11.5. The van der Waals surface area contributed by atoms with Crippen LogP contribution in [0.5, 0.6) is 0 Å². The summed E-state index contributed by atoms with van der Waals surface area (Å²) in [6.07, 6.45) is 1.08. The number of hydrogen-bond acceptors (Lipinski definition) is 2. The van der Waals surface area contributed by atoms with E-state index in [1.165, 1.54) is 0 Å². The van der Waals surface area contributed by atoms with Gasteiger partial charge >= 0.3 is 0 Å². The Morgan fingerprint density at radius 2 is 2.10 bits per heavy atom. The average Bonchev–Trinajstić information content (AvgIpc) is 2.76. The van der Waals surface area contributed by atoms with Gasteiger partial charge in [0, 0.05) is 32.1 Å². The van der Waals surface area contributed by atoms with E-state index < -0.39 is 0 Å². The van der Waals surface area contributed by atoms with E-state index in [2.05, 4.69) is 31.4 Å². The molecule has 2 rings (SSSR count). The average molecular weight is 273 g/mol. The minimum absolute atomic E-state index is 0.0291. The zero-order valence-electron chi connectivity index (χ0n) is 13.0. The lowest BCUT2D eigenvalue weighted by Crippen LogP contribution is -2.22. The minimum Gasteiger partial charge on any atom is -0.328 e. The third kappa shape index (κ3) is 2.55. The number of aromatic nitrogens is 2. The fourth-order valence-electron chi connectivity index (χ4n) is 2.43. The number of benzene rings is 1. The van der Waals surface area contributed by atoms with Crippen LogP contribution in [-0.4, -0.2) is 22.5 Å². The fraction of sp³-hybridized carbons (Fsp3) is 0.500.